The number of likely N-dealkylation sites (N-methyl/N-ethyl adjacent to an activating group) is 1. The number of carbonyl (C=O) groups excluding carboxylic acids is 1. The fourth-order valence-electron chi connectivity index (χ4n) is 1.46. The van der Waals surface area contributed by atoms with Crippen LogP contribution in [-0.4, -0.2) is 30.8 Å². The lowest BCUT2D eigenvalue weighted by Crippen LogP contribution is -2.27. The van der Waals surface area contributed by atoms with Crippen molar-refractivity contribution in [1.82, 2.24) is 4.90 Å². The summed E-state index contributed by atoms with van der Waals surface area (Å²) in [6.45, 7) is 3.42. The van der Waals surface area contributed by atoms with Crippen molar-refractivity contribution in [3.8, 4) is 0 Å². The van der Waals surface area contributed by atoms with E-state index in [0.717, 1.165) is 13.0 Å². The zero-order valence-electron chi connectivity index (χ0n) is 9.57. The van der Waals surface area contributed by atoms with Crippen molar-refractivity contribution in [2.24, 2.45) is 0 Å². The first-order chi connectivity index (χ1) is 7.22. The van der Waals surface area contributed by atoms with E-state index in [4.69, 9.17) is 0 Å². The first kappa shape index (κ1) is 11.9. The standard InChI is InChI=1S/C13H19NO/c1-3-13(15)11-14(2)10-9-12-7-5-4-6-8-12/h4-8H,3,9-11H2,1-2H3. The van der Waals surface area contributed by atoms with E-state index in [2.05, 4.69) is 17.0 Å². The molecule has 0 saturated heterocycles. The quantitative estimate of drug-likeness (QED) is 0.709. The van der Waals surface area contributed by atoms with Crippen LogP contribution in [0.4, 0.5) is 0 Å². The van der Waals surface area contributed by atoms with Crippen molar-refractivity contribution in [3.63, 3.8) is 0 Å². The summed E-state index contributed by atoms with van der Waals surface area (Å²) >= 11 is 0. The number of Topliss-reactive ketones (excluding diaryl/α,β-unsaturated/α-hetero) is 1. The Hall–Kier alpha value is -1.15. The Kier molecular flexibility index (Phi) is 5.05. The van der Waals surface area contributed by atoms with Crippen LogP contribution in [0.25, 0.3) is 0 Å². The highest BCUT2D eigenvalue weighted by molar-refractivity contribution is 5.80. The maximum Gasteiger partial charge on any atom is 0.146 e. The SMILES string of the molecule is CCC(=O)CN(C)CCc1ccccc1. The van der Waals surface area contributed by atoms with E-state index in [9.17, 15) is 4.79 Å². The van der Waals surface area contributed by atoms with E-state index in [1.54, 1.807) is 0 Å². The molecule has 0 aliphatic heterocycles. The van der Waals surface area contributed by atoms with Gasteiger partial charge in [0, 0.05) is 13.0 Å². The van der Waals surface area contributed by atoms with Crippen LogP contribution in [0.3, 0.4) is 0 Å². The van der Waals surface area contributed by atoms with Gasteiger partial charge in [-0.25, -0.2) is 0 Å². The lowest BCUT2D eigenvalue weighted by atomic mass is 10.1. The number of rotatable bonds is 6. The predicted molar refractivity (Wildman–Crippen MR) is 62.9 cm³/mol. The lowest BCUT2D eigenvalue weighted by Gasteiger charge is -2.14. The Labute approximate surface area is 91.9 Å². The highest BCUT2D eigenvalue weighted by Crippen LogP contribution is 2.00. The Morgan fingerprint density at radius 3 is 2.53 bits per heavy atom. The van der Waals surface area contributed by atoms with Gasteiger partial charge in [-0.05, 0) is 19.0 Å². The van der Waals surface area contributed by atoms with E-state index in [0.29, 0.717) is 18.7 Å². The van der Waals surface area contributed by atoms with Gasteiger partial charge in [0.25, 0.3) is 0 Å². The Balaban J connectivity index is 2.28. The number of ketones is 1. The number of hydrogen-bond donors (Lipinski definition) is 0. The molecule has 1 rings (SSSR count). The number of nitrogens with zero attached hydrogens (tertiary/aromatic N) is 1. The van der Waals surface area contributed by atoms with Crippen LogP contribution in [0.2, 0.25) is 0 Å². The summed E-state index contributed by atoms with van der Waals surface area (Å²) in [4.78, 5) is 13.3. The van der Waals surface area contributed by atoms with Gasteiger partial charge in [0.15, 0.2) is 0 Å². The van der Waals surface area contributed by atoms with Gasteiger partial charge in [-0.2, -0.15) is 0 Å². The third-order valence-corrected chi connectivity index (χ3v) is 2.47. The molecule has 82 valence electrons. The molecule has 0 spiro atoms. The summed E-state index contributed by atoms with van der Waals surface area (Å²) < 4.78 is 0. The Morgan fingerprint density at radius 1 is 1.27 bits per heavy atom. The van der Waals surface area contributed by atoms with Gasteiger partial charge >= 0.3 is 0 Å². The van der Waals surface area contributed by atoms with Gasteiger partial charge in [0.1, 0.15) is 5.78 Å². The van der Waals surface area contributed by atoms with Crippen molar-refractivity contribution >= 4 is 5.78 Å². The van der Waals surface area contributed by atoms with Gasteiger partial charge in [-0.1, -0.05) is 37.3 Å². The zero-order chi connectivity index (χ0) is 11.1. The van der Waals surface area contributed by atoms with Crippen molar-refractivity contribution in [1.29, 1.82) is 0 Å². The molecule has 0 atom stereocenters. The normalized spacial score (nSPS) is 10.6. The molecule has 0 unspecified atom stereocenters. The van der Waals surface area contributed by atoms with Gasteiger partial charge in [-0.3, -0.25) is 9.69 Å². The molecular weight excluding hydrogens is 186 g/mol. The van der Waals surface area contributed by atoms with Crippen LogP contribution in [-0.2, 0) is 11.2 Å². The summed E-state index contributed by atoms with van der Waals surface area (Å²) in [6.07, 6.45) is 1.64. The number of benzene rings is 1. The highest BCUT2D eigenvalue weighted by Gasteiger charge is 2.03. The molecule has 0 amide bonds. The van der Waals surface area contributed by atoms with E-state index >= 15 is 0 Å². The molecule has 0 N–H and O–H groups in total. The van der Waals surface area contributed by atoms with Crippen molar-refractivity contribution in [3.05, 3.63) is 35.9 Å². The van der Waals surface area contributed by atoms with Crippen molar-refractivity contribution in [2.75, 3.05) is 20.1 Å². The second-order valence-electron chi connectivity index (χ2n) is 3.87. The highest BCUT2D eigenvalue weighted by atomic mass is 16.1. The third-order valence-electron chi connectivity index (χ3n) is 2.47. The average Bonchev–Trinajstić information content (AvgIpc) is 2.27. The predicted octanol–water partition coefficient (Wildman–Crippen LogP) is 2.14. The van der Waals surface area contributed by atoms with Crippen molar-refractivity contribution < 1.29 is 4.79 Å². The molecule has 0 aliphatic rings. The monoisotopic (exact) mass is 205 g/mol. The largest absolute Gasteiger partial charge is 0.299 e. The minimum atomic E-state index is 0.311. The van der Waals surface area contributed by atoms with Gasteiger partial charge < -0.3 is 0 Å². The molecule has 0 aromatic heterocycles. The summed E-state index contributed by atoms with van der Waals surface area (Å²) in [5, 5.41) is 0. The van der Waals surface area contributed by atoms with Crippen LogP contribution in [0.5, 0.6) is 0 Å². The maximum absolute atomic E-state index is 11.2. The Morgan fingerprint density at radius 2 is 1.93 bits per heavy atom. The molecule has 15 heavy (non-hydrogen) atoms. The van der Waals surface area contributed by atoms with Crippen LogP contribution in [0.1, 0.15) is 18.9 Å². The Bertz CT molecular complexity index is 295. The second kappa shape index (κ2) is 6.36. The maximum atomic E-state index is 11.2. The van der Waals surface area contributed by atoms with Crippen molar-refractivity contribution in [2.45, 2.75) is 19.8 Å². The van der Waals surface area contributed by atoms with Gasteiger partial charge in [0.05, 0.1) is 6.54 Å². The molecule has 1 aromatic rings. The summed E-state index contributed by atoms with van der Waals surface area (Å²) in [6, 6.07) is 10.4. The summed E-state index contributed by atoms with van der Waals surface area (Å²) in [7, 11) is 2.00. The fourth-order valence-corrected chi connectivity index (χ4v) is 1.46. The van der Waals surface area contributed by atoms with E-state index in [1.165, 1.54) is 5.56 Å². The van der Waals surface area contributed by atoms with Crippen LogP contribution in [0, 0.1) is 0 Å². The minimum Gasteiger partial charge on any atom is -0.299 e. The van der Waals surface area contributed by atoms with Gasteiger partial charge in [0.2, 0.25) is 0 Å². The molecule has 1 aromatic carbocycles. The zero-order valence-corrected chi connectivity index (χ0v) is 9.57. The molecular formula is C13H19NO. The summed E-state index contributed by atoms with van der Waals surface area (Å²) in [5.41, 5.74) is 1.33. The van der Waals surface area contributed by atoms with E-state index in [-0.39, 0.29) is 0 Å². The summed E-state index contributed by atoms with van der Waals surface area (Å²) in [5.74, 6) is 0.311. The van der Waals surface area contributed by atoms with Gasteiger partial charge in [-0.15, -0.1) is 0 Å². The molecule has 0 aliphatic carbocycles. The molecule has 0 heterocycles. The van der Waals surface area contributed by atoms with E-state index < -0.39 is 0 Å². The third kappa shape index (κ3) is 4.75. The molecule has 0 radical (unpaired) electrons. The van der Waals surface area contributed by atoms with E-state index in [1.807, 2.05) is 32.2 Å². The average molecular weight is 205 g/mol. The lowest BCUT2D eigenvalue weighted by molar-refractivity contribution is -0.119. The first-order valence-corrected chi connectivity index (χ1v) is 5.46. The van der Waals surface area contributed by atoms with Crippen LogP contribution < -0.4 is 0 Å². The molecule has 0 fully saturated rings. The minimum absolute atomic E-state index is 0.311. The van der Waals surface area contributed by atoms with Crippen LogP contribution >= 0.6 is 0 Å². The molecule has 2 nitrogen and oxygen atoms in total. The molecule has 2 heteroatoms. The smallest absolute Gasteiger partial charge is 0.146 e. The fraction of sp³-hybridized carbons (Fsp3) is 0.462. The molecule has 0 bridgehead atoms. The number of carbonyl (C=O) groups is 1. The van der Waals surface area contributed by atoms with Crippen LogP contribution in [0.15, 0.2) is 30.3 Å². The topological polar surface area (TPSA) is 20.3 Å². The number of hydrogen-bond acceptors (Lipinski definition) is 2. The first-order valence-electron chi connectivity index (χ1n) is 5.46. The molecule has 0 saturated carbocycles. The second-order valence-corrected chi connectivity index (χ2v) is 3.87.